The second kappa shape index (κ2) is 5.71. The number of carbonyl (C=O) groups excluding carboxylic acids is 2. The van der Waals surface area contributed by atoms with E-state index in [4.69, 9.17) is 9.15 Å². The number of carbonyl (C=O) groups is 2. The van der Waals surface area contributed by atoms with Crippen molar-refractivity contribution in [1.82, 2.24) is 5.32 Å². The zero-order valence-electron chi connectivity index (χ0n) is 11.1. The van der Waals surface area contributed by atoms with Crippen LogP contribution in [0.5, 0.6) is 0 Å². The standard InChI is InChI=1S/C13H19NO4/c1-9-10(6-8-17-9)11(5-7-15)14-12(16)18-13(2,3)4/h6-8,11H,5H2,1-4H3,(H,14,16)/t11-/m1/s1. The van der Waals surface area contributed by atoms with Gasteiger partial charge in [-0.15, -0.1) is 0 Å². The van der Waals surface area contributed by atoms with Crippen molar-refractivity contribution in [2.45, 2.75) is 45.8 Å². The molecular formula is C13H19NO4. The highest BCUT2D eigenvalue weighted by atomic mass is 16.6. The summed E-state index contributed by atoms with van der Waals surface area (Å²) in [5, 5.41) is 2.67. The van der Waals surface area contributed by atoms with Gasteiger partial charge in [0.25, 0.3) is 0 Å². The molecule has 0 radical (unpaired) electrons. The quantitative estimate of drug-likeness (QED) is 0.838. The molecule has 0 fully saturated rings. The van der Waals surface area contributed by atoms with Crippen LogP contribution in [0.4, 0.5) is 4.79 Å². The molecule has 1 amide bonds. The van der Waals surface area contributed by atoms with Crippen LogP contribution in [0.1, 0.15) is 44.6 Å². The van der Waals surface area contributed by atoms with Gasteiger partial charge in [-0.2, -0.15) is 0 Å². The minimum absolute atomic E-state index is 0.180. The van der Waals surface area contributed by atoms with Crippen molar-refractivity contribution >= 4 is 12.4 Å². The number of hydrogen-bond acceptors (Lipinski definition) is 4. The monoisotopic (exact) mass is 253 g/mol. The number of amides is 1. The maximum absolute atomic E-state index is 11.7. The number of aryl methyl sites for hydroxylation is 1. The summed E-state index contributed by atoms with van der Waals surface area (Å²) < 4.78 is 10.3. The molecule has 0 aromatic carbocycles. The number of aldehydes is 1. The van der Waals surface area contributed by atoms with Crippen LogP contribution in [0.3, 0.4) is 0 Å². The summed E-state index contributed by atoms with van der Waals surface area (Å²) in [6, 6.07) is 1.32. The lowest BCUT2D eigenvalue weighted by molar-refractivity contribution is -0.108. The molecule has 0 unspecified atom stereocenters. The molecule has 0 saturated heterocycles. The third-order valence-electron chi connectivity index (χ3n) is 2.30. The second-order valence-electron chi connectivity index (χ2n) is 5.03. The van der Waals surface area contributed by atoms with E-state index in [2.05, 4.69) is 5.32 Å². The molecule has 1 aromatic rings. The summed E-state index contributed by atoms with van der Waals surface area (Å²) in [7, 11) is 0. The smallest absolute Gasteiger partial charge is 0.408 e. The van der Waals surface area contributed by atoms with Gasteiger partial charge in [-0.3, -0.25) is 0 Å². The van der Waals surface area contributed by atoms with Crippen molar-refractivity contribution in [1.29, 1.82) is 0 Å². The second-order valence-corrected chi connectivity index (χ2v) is 5.03. The molecule has 5 nitrogen and oxygen atoms in total. The molecule has 1 rings (SSSR count). The highest BCUT2D eigenvalue weighted by Gasteiger charge is 2.22. The first-order chi connectivity index (χ1) is 8.33. The lowest BCUT2D eigenvalue weighted by atomic mass is 10.1. The number of hydrogen-bond donors (Lipinski definition) is 1. The highest BCUT2D eigenvalue weighted by Crippen LogP contribution is 2.21. The fourth-order valence-electron chi connectivity index (χ4n) is 1.57. The van der Waals surface area contributed by atoms with Crippen molar-refractivity contribution in [3.05, 3.63) is 23.7 Å². The molecule has 1 aromatic heterocycles. The molecule has 5 heteroatoms. The Morgan fingerprint density at radius 3 is 2.67 bits per heavy atom. The minimum atomic E-state index is -0.568. The van der Waals surface area contributed by atoms with E-state index in [9.17, 15) is 9.59 Å². The Bertz CT molecular complexity index is 417. The van der Waals surface area contributed by atoms with E-state index in [1.54, 1.807) is 33.8 Å². The Kier molecular flexibility index (Phi) is 4.53. The van der Waals surface area contributed by atoms with E-state index in [1.165, 1.54) is 6.26 Å². The lowest BCUT2D eigenvalue weighted by Crippen LogP contribution is -2.35. The predicted octanol–water partition coefficient (Wildman–Crippen LogP) is 2.74. The van der Waals surface area contributed by atoms with Crippen molar-refractivity contribution in [3.8, 4) is 0 Å². The van der Waals surface area contributed by atoms with Crippen molar-refractivity contribution in [3.63, 3.8) is 0 Å². The number of furan rings is 1. The number of nitrogens with one attached hydrogen (secondary N) is 1. The zero-order chi connectivity index (χ0) is 13.8. The van der Waals surface area contributed by atoms with Crippen LogP contribution in [0.15, 0.2) is 16.7 Å². The van der Waals surface area contributed by atoms with Gasteiger partial charge in [-0.1, -0.05) is 0 Å². The minimum Gasteiger partial charge on any atom is -0.469 e. The molecule has 18 heavy (non-hydrogen) atoms. The normalized spacial score (nSPS) is 12.9. The van der Waals surface area contributed by atoms with Gasteiger partial charge >= 0.3 is 6.09 Å². The topological polar surface area (TPSA) is 68.5 Å². The van der Waals surface area contributed by atoms with E-state index in [0.29, 0.717) is 5.76 Å². The van der Waals surface area contributed by atoms with E-state index in [-0.39, 0.29) is 6.42 Å². The van der Waals surface area contributed by atoms with Crippen LogP contribution in [0.25, 0.3) is 0 Å². The van der Waals surface area contributed by atoms with E-state index < -0.39 is 17.7 Å². The molecule has 1 atom stereocenters. The van der Waals surface area contributed by atoms with Gasteiger partial charge in [0.15, 0.2) is 0 Å². The largest absolute Gasteiger partial charge is 0.469 e. The molecule has 0 aliphatic rings. The van der Waals surface area contributed by atoms with Gasteiger partial charge < -0.3 is 19.3 Å². The first-order valence-corrected chi connectivity index (χ1v) is 5.80. The number of alkyl carbamates (subject to hydrolysis) is 1. The third kappa shape index (κ3) is 4.24. The molecule has 0 saturated carbocycles. The van der Waals surface area contributed by atoms with Crippen LogP contribution in [-0.4, -0.2) is 18.0 Å². The van der Waals surface area contributed by atoms with E-state index in [0.717, 1.165) is 11.8 Å². The number of rotatable bonds is 4. The van der Waals surface area contributed by atoms with Crippen molar-refractivity contribution in [2.24, 2.45) is 0 Å². The Labute approximate surface area is 106 Å². The summed E-state index contributed by atoms with van der Waals surface area (Å²) in [4.78, 5) is 22.3. The molecular weight excluding hydrogens is 234 g/mol. The first-order valence-electron chi connectivity index (χ1n) is 5.80. The average Bonchev–Trinajstić information content (AvgIpc) is 2.60. The first kappa shape index (κ1) is 14.3. The Balaban J connectivity index is 2.73. The summed E-state index contributed by atoms with van der Waals surface area (Å²) in [6.45, 7) is 7.13. The maximum Gasteiger partial charge on any atom is 0.408 e. The fraction of sp³-hybridized carbons (Fsp3) is 0.538. The van der Waals surface area contributed by atoms with Gasteiger partial charge in [0, 0.05) is 12.0 Å². The fourth-order valence-corrected chi connectivity index (χ4v) is 1.57. The molecule has 1 heterocycles. The summed E-state index contributed by atoms with van der Waals surface area (Å²) in [5.41, 5.74) is 0.217. The molecule has 100 valence electrons. The lowest BCUT2D eigenvalue weighted by Gasteiger charge is -2.22. The highest BCUT2D eigenvalue weighted by molar-refractivity contribution is 5.69. The molecule has 0 aliphatic heterocycles. The van der Waals surface area contributed by atoms with Crippen molar-refractivity contribution in [2.75, 3.05) is 0 Å². The van der Waals surface area contributed by atoms with Crippen LogP contribution < -0.4 is 5.32 Å². The van der Waals surface area contributed by atoms with Gasteiger partial charge in [0.1, 0.15) is 17.6 Å². The molecule has 0 spiro atoms. The van der Waals surface area contributed by atoms with Crippen LogP contribution >= 0.6 is 0 Å². The van der Waals surface area contributed by atoms with Crippen LogP contribution in [0.2, 0.25) is 0 Å². The van der Waals surface area contributed by atoms with Crippen molar-refractivity contribution < 1.29 is 18.7 Å². The van der Waals surface area contributed by atoms with Gasteiger partial charge in [0.2, 0.25) is 0 Å². The Hall–Kier alpha value is -1.78. The maximum atomic E-state index is 11.7. The zero-order valence-corrected chi connectivity index (χ0v) is 11.1. The van der Waals surface area contributed by atoms with E-state index >= 15 is 0 Å². The molecule has 1 N–H and O–H groups in total. The Morgan fingerprint density at radius 1 is 1.56 bits per heavy atom. The van der Waals surface area contributed by atoms with Crippen LogP contribution in [0, 0.1) is 6.92 Å². The van der Waals surface area contributed by atoms with E-state index in [1.807, 2.05) is 0 Å². The SMILES string of the molecule is Cc1occc1[C@@H](CC=O)NC(=O)OC(C)(C)C. The van der Waals surface area contributed by atoms with Crippen LogP contribution in [-0.2, 0) is 9.53 Å². The number of ether oxygens (including phenoxy) is 1. The average molecular weight is 253 g/mol. The summed E-state index contributed by atoms with van der Waals surface area (Å²) >= 11 is 0. The van der Waals surface area contributed by atoms with Gasteiger partial charge in [0.05, 0.1) is 12.3 Å². The molecule has 0 bridgehead atoms. The van der Waals surface area contributed by atoms with Gasteiger partial charge in [-0.05, 0) is 33.8 Å². The summed E-state index contributed by atoms with van der Waals surface area (Å²) in [5.74, 6) is 0.679. The molecule has 0 aliphatic carbocycles. The summed E-state index contributed by atoms with van der Waals surface area (Å²) in [6.07, 6.45) is 1.92. The third-order valence-corrected chi connectivity index (χ3v) is 2.30. The Morgan fingerprint density at radius 2 is 2.22 bits per heavy atom. The van der Waals surface area contributed by atoms with Gasteiger partial charge in [-0.25, -0.2) is 4.79 Å². The predicted molar refractivity (Wildman–Crippen MR) is 66.2 cm³/mol.